The summed E-state index contributed by atoms with van der Waals surface area (Å²) in [4.78, 5) is 19.9. The number of carbonyl (C=O) groups is 1. The van der Waals surface area contributed by atoms with Crippen LogP contribution in [0.5, 0.6) is 5.88 Å². The van der Waals surface area contributed by atoms with E-state index in [1.165, 1.54) is 19.8 Å². The lowest BCUT2D eigenvalue weighted by molar-refractivity contribution is -0.141. The number of hydrogen-bond acceptors (Lipinski definition) is 4. The molecule has 0 aromatic carbocycles. The van der Waals surface area contributed by atoms with Crippen LogP contribution in [0.1, 0.15) is 53.0 Å². The third kappa shape index (κ3) is 4.96. The molecular formula is C19H20F3N3O2. The highest BCUT2D eigenvalue weighted by molar-refractivity contribution is 5.95. The van der Waals surface area contributed by atoms with Crippen LogP contribution < -0.4 is 10.1 Å². The van der Waals surface area contributed by atoms with Gasteiger partial charge in [-0.05, 0) is 50.3 Å². The molecule has 0 radical (unpaired) electrons. The SMILES string of the molecule is Cc1nc(C(F)(F)F)ccc1C(=O)NCc1ccc(OC2CCCC2)nc1. The number of aromatic nitrogens is 2. The molecule has 0 aliphatic heterocycles. The number of halogens is 3. The zero-order chi connectivity index (χ0) is 19.4. The highest BCUT2D eigenvalue weighted by Crippen LogP contribution is 2.28. The van der Waals surface area contributed by atoms with Crippen molar-refractivity contribution in [2.75, 3.05) is 0 Å². The second-order valence-corrected chi connectivity index (χ2v) is 6.54. The molecule has 5 nitrogen and oxygen atoms in total. The number of hydrogen-bond donors (Lipinski definition) is 1. The van der Waals surface area contributed by atoms with Gasteiger partial charge >= 0.3 is 6.18 Å². The van der Waals surface area contributed by atoms with Crippen LogP contribution in [0.4, 0.5) is 13.2 Å². The Kier molecular flexibility index (Phi) is 5.62. The monoisotopic (exact) mass is 379 g/mol. The van der Waals surface area contributed by atoms with E-state index in [1.54, 1.807) is 18.3 Å². The number of nitrogens with zero attached hydrogens (tertiary/aromatic N) is 2. The van der Waals surface area contributed by atoms with Gasteiger partial charge in [0.25, 0.3) is 5.91 Å². The van der Waals surface area contributed by atoms with E-state index in [-0.39, 0.29) is 23.9 Å². The first kappa shape index (κ1) is 19.1. The fraction of sp³-hybridized carbons (Fsp3) is 0.421. The molecule has 1 aliphatic carbocycles. The van der Waals surface area contributed by atoms with E-state index in [0.717, 1.165) is 30.5 Å². The van der Waals surface area contributed by atoms with E-state index in [4.69, 9.17) is 4.74 Å². The van der Waals surface area contributed by atoms with Gasteiger partial charge in [-0.3, -0.25) is 4.79 Å². The molecule has 144 valence electrons. The van der Waals surface area contributed by atoms with Crippen molar-refractivity contribution in [1.82, 2.24) is 15.3 Å². The summed E-state index contributed by atoms with van der Waals surface area (Å²) in [6.07, 6.45) is 1.73. The van der Waals surface area contributed by atoms with Gasteiger partial charge in [0.1, 0.15) is 11.8 Å². The first-order valence-corrected chi connectivity index (χ1v) is 8.77. The van der Waals surface area contributed by atoms with Crippen molar-refractivity contribution >= 4 is 5.91 Å². The molecule has 0 bridgehead atoms. The summed E-state index contributed by atoms with van der Waals surface area (Å²) in [5.41, 5.74) is -0.115. The molecule has 0 spiro atoms. The summed E-state index contributed by atoms with van der Waals surface area (Å²) >= 11 is 0. The zero-order valence-electron chi connectivity index (χ0n) is 14.8. The maximum atomic E-state index is 12.7. The van der Waals surface area contributed by atoms with Gasteiger partial charge in [0.2, 0.25) is 5.88 Å². The van der Waals surface area contributed by atoms with Crippen LogP contribution in [0.3, 0.4) is 0 Å². The molecule has 0 saturated heterocycles. The van der Waals surface area contributed by atoms with Gasteiger partial charge in [-0.2, -0.15) is 13.2 Å². The number of pyridine rings is 2. The minimum Gasteiger partial charge on any atom is -0.474 e. The quantitative estimate of drug-likeness (QED) is 0.851. The molecule has 27 heavy (non-hydrogen) atoms. The molecule has 2 aromatic heterocycles. The van der Waals surface area contributed by atoms with E-state index in [1.807, 2.05) is 0 Å². The molecule has 1 N–H and O–H groups in total. The summed E-state index contributed by atoms with van der Waals surface area (Å²) in [5, 5.41) is 2.67. The van der Waals surface area contributed by atoms with E-state index in [2.05, 4.69) is 15.3 Å². The Morgan fingerprint density at radius 1 is 1.22 bits per heavy atom. The number of amides is 1. The van der Waals surface area contributed by atoms with Crippen LogP contribution in [0, 0.1) is 6.92 Å². The third-order valence-electron chi connectivity index (χ3n) is 4.46. The lowest BCUT2D eigenvalue weighted by Gasteiger charge is -2.12. The van der Waals surface area contributed by atoms with Crippen molar-refractivity contribution in [2.24, 2.45) is 0 Å². The Bertz CT molecular complexity index is 801. The first-order chi connectivity index (χ1) is 12.8. The van der Waals surface area contributed by atoms with Crippen LogP contribution in [-0.4, -0.2) is 22.0 Å². The maximum Gasteiger partial charge on any atom is 0.433 e. The van der Waals surface area contributed by atoms with Gasteiger partial charge in [-0.1, -0.05) is 6.07 Å². The van der Waals surface area contributed by atoms with Crippen molar-refractivity contribution in [2.45, 2.75) is 51.4 Å². The van der Waals surface area contributed by atoms with Gasteiger partial charge in [-0.15, -0.1) is 0 Å². The van der Waals surface area contributed by atoms with Crippen molar-refractivity contribution < 1.29 is 22.7 Å². The molecule has 1 aliphatic rings. The van der Waals surface area contributed by atoms with Gasteiger partial charge < -0.3 is 10.1 Å². The Labute approximate surface area is 155 Å². The molecule has 3 rings (SSSR count). The molecular weight excluding hydrogens is 359 g/mol. The number of ether oxygens (including phenoxy) is 1. The fourth-order valence-corrected chi connectivity index (χ4v) is 3.00. The minimum atomic E-state index is -4.53. The largest absolute Gasteiger partial charge is 0.474 e. The molecule has 0 unspecified atom stereocenters. The molecule has 1 fully saturated rings. The molecule has 1 amide bonds. The summed E-state index contributed by atoms with van der Waals surface area (Å²) in [7, 11) is 0. The van der Waals surface area contributed by atoms with Crippen LogP contribution >= 0.6 is 0 Å². The smallest absolute Gasteiger partial charge is 0.433 e. The minimum absolute atomic E-state index is 0.0285. The van der Waals surface area contributed by atoms with Gasteiger partial charge in [0.05, 0.1) is 11.3 Å². The van der Waals surface area contributed by atoms with Gasteiger partial charge in [0, 0.05) is 18.8 Å². The Morgan fingerprint density at radius 3 is 2.56 bits per heavy atom. The lowest BCUT2D eigenvalue weighted by atomic mass is 10.1. The van der Waals surface area contributed by atoms with Crippen LogP contribution in [0.15, 0.2) is 30.5 Å². The van der Waals surface area contributed by atoms with Crippen molar-refractivity contribution in [1.29, 1.82) is 0 Å². The van der Waals surface area contributed by atoms with Crippen LogP contribution in [-0.2, 0) is 12.7 Å². The second kappa shape index (κ2) is 7.94. The molecule has 8 heteroatoms. The average molecular weight is 379 g/mol. The van der Waals surface area contributed by atoms with Crippen molar-refractivity contribution in [3.63, 3.8) is 0 Å². The van der Waals surface area contributed by atoms with E-state index in [9.17, 15) is 18.0 Å². The third-order valence-corrected chi connectivity index (χ3v) is 4.46. The molecule has 2 heterocycles. The number of carbonyl (C=O) groups excluding carboxylic acids is 1. The summed E-state index contributed by atoms with van der Waals surface area (Å²) in [6, 6.07) is 5.50. The van der Waals surface area contributed by atoms with E-state index < -0.39 is 17.8 Å². The topological polar surface area (TPSA) is 64.1 Å². The highest BCUT2D eigenvalue weighted by atomic mass is 19.4. The fourth-order valence-electron chi connectivity index (χ4n) is 3.00. The second-order valence-electron chi connectivity index (χ2n) is 6.54. The van der Waals surface area contributed by atoms with Gasteiger partial charge in [-0.25, -0.2) is 9.97 Å². The number of nitrogens with one attached hydrogen (secondary N) is 1. The Balaban J connectivity index is 1.57. The normalized spacial score (nSPS) is 15.0. The van der Waals surface area contributed by atoms with E-state index in [0.29, 0.717) is 5.88 Å². The number of alkyl halides is 3. The Hall–Kier alpha value is -2.64. The van der Waals surface area contributed by atoms with Crippen LogP contribution in [0.25, 0.3) is 0 Å². The molecule has 0 atom stereocenters. The summed E-state index contributed by atoms with van der Waals surface area (Å²) in [6.45, 7) is 1.58. The number of aryl methyl sites for hydroxylation is 1. The predicted octanol–water partition coefficient (Wildman–Crippen LogP) is 4.06. The van der Waals surface area contributed by atoms with Crippen molar-refractivity contribution in [3.8, 4) is 5.88 Å². The highest BCUT2D eigenvalue weighted by Gasteiger charge is 2.33. The molecule has 2 aromatic rings. The van der Waals surface area contributed by atoms with Gasteiger partial charge in [0.15, 0.2) is 0 Å². The average Bonchev–Trinajstić information content (AvgIpc) is 3.13. The molecule has 1 saturated carbocycles. The maximum absolute atomic E-state index is 12.7. The van der Waals surface area contributed by atoms with Crippen LogP contribution in [0.2, 0.25) is 0 Å². The first-order valence-electron chi connectivity index (χ1n) is 8.77. The Morgan fingerprint density at radius 2 is 1.96 bits per heavy atom. The summed E-state index contributed by atoms with van der Waals surface area (Å²) in [5.74, 6) is 0.0692. The lowest BCUT2D eigenvalue weighted by Crippen LogP contribution is -2.24. The zero-order valence-corrected chi connectivity index (χ0v) is 14.8. The van der Waals surface area contributed by atoms with Crippen molar-refractivity contribution in [3.05, 3.63) is 53.0 Å². The van der Waals surface area contributed by atoms with E-state index >= 15 is 0 Å². The number of rotatable bonds is 5. The standard InChI is InChI=1S/C19H20F3N3O2/c1-12-15(7-8-16(25-12)19(20,21)22)18(26)24-11-13-6-9-17(23-10-13)27-14-4-2-3-5-14/h6-10,14H,2-5,11H2,1H3,(H,24,26). The predicted molar refractivity (Wildman–Crippen MR) is 92.3 cm³/mol. The summed E-state index contributed by atoms with van der Waals surface area (Å²) < 4.78 is 43.7.